The van der Waals surface area contributed by atoms with E-state index in [1.54, 1.807) is 49.0 Å². The summed E-state index contributed by atoms with van der Waals surface area (Å²) in [6.45, 7) is 0. The van der Waals surface area contributed by atoms with E-state index in [2.05, 4.69) is 15.3 Å². The zero-order chi connectivity index (χ0) is 17.6. The Morgan fingerprint density at radius 2 is 2.08 bits per heavy atom. The smallest absolute Gasteiger partial charge is 0.224 e. The van der Waals surface area contributed by atoms with E-state index < -0.39 is 0 Å². The van der Waals surface area contributed by atoms with Gasteiger partial charge >= 0.3 is 0 Å². The molecule has 2 aromatic heterocycles. The number of thiazole rings is 1. The van der Waals surface area contributed by atoms with Gasteiger partial charge in [-0.2, -0.15) is 0 Å². The minimum Gasteiger partial charge on any atom is -0.495 e. The van der Waals surface area contributed by atoms with Crippen LogP contribution in [-0.4, -0.2) is 23.0 Å². The molecule has 3 rings (SSSR count). The number of hydrogen-bond donors (Lipinski definition) is 1. The third-order valence-corrected chi connectivity index (χ3v) is 4.76. The number of amides is 1. The van der Waals surface area contributed by atoms with Crippen LogP contribution in [0.1, 0.15) is 12.1 Å². The fourth-order valence-electron chi connectivity index (χ4n) is 2.26. The third kappa shape index (κ3) is 4.55. The number of halogens is 1. The first kappa shape index (κ1) is 17.4. The van der Waals surface area contributed by atoms with E-state index in [9.17, 15) is 4.79 Å². The number of carbonyl (C=O) groups is 1. The molecule has 0 saturated heterocycles. The number of rotatable bonds is 6. The first-order valence-electron chi connectivity index (χ1n) is 7.64. The molecule has 2 heterocycles. The Morgan fingerprint density at radius 3 is 2.80 bits per heavy atom. The molecule has 5 nitrogen and oxygen atoms in total. The minimum atomic E-state index is -0.0836. The maximum atomic E-state index is 12.1. The molecule has 0 spiro atoms. The Bertz CT molecular complexity index is 868. The highest BCUT2D eigenvalue weighted by Crippen LogP contribution is 2.27. The summed E-state index contributed by atoms with van der Waals surface area (Å²) in [5, 5.41) is 6.20. The number of ether oxygens (including phenoxy) is 1. The quantitative estimate of drug-likeness (QED) is 0.693. The number of methoxy groups -OCH3 is 1. The van der Waals surface area contributed by atoms with Crippen molar-refractivity contribution in [2.24, 2.45) is 0 Å². The molecule has 0 bridgehead atoms. The van der Waals surface area contributed by atoms with E-state index in [0.29, 0.717) is 29.3 Å². The van der Waals surface area contributed by atoms with Crippen molar-refractivity contribution in [3.05, 3.63) is 58.8 Å². The van der Waals surface area contributed by atoms with Crippen LogP contribution in [0.3, 0.4) is 0 Å². The number of hydrogen-bond acceptors (Lipinski definition) is 5. The minimum absolute atomic E-state index is 0.0836. The Balaban J connectivity index is 1.56. The number of pyridine rings is 1. The molecule has 3 aromatic rings. The highest BCUT2D eigenvalue weighted by Gasteiger charge is 2.09. The molecular weight excluding hydrogens is 358 g/mol. The molecule has 0 aliphatic rings. The number of carbonyl (C=O) groups excluding carboxylic acids is 1. The molecule has 1 N–H and O–H groups in total. The standard InChI is InChI=1S/C18H16ClN3O2S/c1-24-16-4-2-13(10-15(16)19)21-17(23)5-3-14-11-25-18(22-14)12-6-8-20-9-7-12/h2,4,6-11H,3,5H2,1H3,(H,21,23). The van der Waals surface area contributed by atoms with Crippen LogP contribution in [0.4, 0.5) is 5.69 Å². The lowest BCUT2D eigenvalue weighted by Gasteiger charge is -2.07. The summed E-state index contributed by atoms with van der Waals surface area (Å²) in [4.78, 5) is 20.7. The molecule has 7 heteroatoms. The zero-order valence-corrected chi connectivity index (χ0v) is 15.1. The largest absolute Gasteiger partial charge is 0.495 e. The van der Waals surface area contributed by atoms with E-state index in [1.165, 1.54) is 0 Å². The van der Waals surface area contributed by atoms with Crippen LogP contribution in [0.2, 0.25) is 5.02 Å². The number of aromatic nitrogens is 2. The zero-order valence-electron chi connectivity index (χ0n) is 13.5. The van der Waals surface area contributed by atoms with E-state index in [0.717, 1.165) is 16.3 Å². The van der Waals surface area contributed by atoms with Gasteiger partial charge in [-0.05, 0) is 36.8 Å². The Labute approximate surface area is 154 Å². The van der Waals surface area contributed by atoms with Crippen LogP contribution < -0.4 is 10.1 Å². The molecule has 1 aromatic carbocycles. The normalized spacial score (nSPS) is 10.5. The van der Waals surface area contributed by atoms with Gasteiger partial charge < -0.3 is 10.1 Å². The summed E-state index contributed by atoms with van der Waals surface area (Å²) in [6, 6.07) is 8.99. The number of nitrogens with zero attached hydrogens (tertiary/aromatic N) is 2. The van der Waals surface area contributed by atoms with Gasteiger partial charge in [0, 0.05) is 35.4 Å². The summed E-state index contributed by atoms with van der Waals surface area (Å²) in [7, 11) is 1.55. The van der Waals surface area contributed by atoms with Crippen LogP contribution in [0.5, 0.6) is 5.75 Å². The predicted molar refractivity (Wildman–Crippen MR) is 100 cm³/mol. The van der Waals surface area contributed by atoms with Gasteiger partial charge in [0.2, 0.25) is 5.91 Å². The number of nitrogens with one attached hydrogen (secondary N) is 1. The summed E-state index contributed by atoms with van der Waals surface area (Å²) in [5.41, 5.74) is 2.58. The van der Waals surface area contributed by atoms with E-state index in [-0.39, 0.29) is 5.91 Å². The van der Waals surface area contributed by atoms with Crippen molar-refractivity contribution >= 4 is 34.5 Å². The third-order valence-electron chi connectivity index (χ3n) is 3.52. The predicted octanol–water partition coefficient (Wildman–Crippen LogP) is 4.44. The summed E-state index contributed by atoms with van der Waals surface area (Å²) in [5.74, 6) is 0.491. The lowest BCUT2D eigenvalue weighted by atomic mass is 10.2. The van der Waals surface area contributed by atoms with Crippen molar-refractivity contribution in [2.45, 2.75) is 12.8 Å². The summed E-state index contributed by atoms with van der Waals surface area (Å²) < 4.78 is 5.09. The van der Waals surface area contributed by atoms with Crippen molar-refractivity contribution in [3.8, 4) is 16.3 Å². The molecule has 128 valence electrons. The summed E-state index contributed by atoms with van der Waals surface area (Å²) in [6.07, 6.45) is 4.41. The Morgan fingerprint density at radius 1 is 1.28 bits per heavy atom. The van der Waals surface area contributed by atoms with Crippen molar-refractivity contribution < 1.29 is 9.53 Å². The van der Waals surface area contributed by atoms with Gasteiger partial charge in [0.15, 0.2) is 0 Å². The number of aryl methyl sites for hydroxylation is 1. The molecule has 0 unspecified atom stereocenters. The lowest BCUT2D eigenvalue weighted by molar-refractivity contribution is -0.116. The maximum Gasteiger partial charge on any atom is 0.224 e. The van der Waals surface area contributed by atoms with Crippen molar-refractivity contribution in [2.75, 3.05) is 12.4 Å². The molecular formula is C18H16ClN3O2S. The van der Waals surface area contributed by atoms with E-state index >= 15 is 0 Å². The topological polar surface area (TPSA) is 64.1 Å². The van der Waals surface area contributed by atoms with Crippen molar-refractivity contribution in [1.82, 2.24) is 9.97 Å². The van der Waals surface area contributed by atoms with Crippen LogP contribution in [0, 0.1) is 0 Å². The Hall–Kier alpha value is -2.44. The molecule has 0 atom stereocenters. The van der Waals surface area contributed by atoms with Gasteiger partial charge in [-0.15, -0.1) is 11.3 Å². The highest BCUT2D eigenvalue weighted by atomic mass is 35.5. The van der Waals surface area contributed by atoms with E-state index in [1.807, 2.05) is 17.5 Å². The molecule has 0 aliphatic heterocycles. The lowest BCUT2D eigenvalue weighted by Crippen LogP contribution is -2.12. The van der Waals surface area contributed by atoms with Crippen molar-refractivity contribution in [3.63, 3.8) is 0 Å². The van der Waals surface area contributed by atoms with Crippen LogP contribution in [0.15, 0.2) is 48.1 Å². The fraction of sp³-hybridized carbons (Fsp3) is 0.167. The van der Waals surface area contributed by atoms with Crippen molar-refractivity contribution in [1.29, 1.82) is 0 Å². The van der Waals surface area contributed by atoms with Gasteiger partial charge in [-0.1, -0.05) is 11.6 Å². The maximum absolute atomic E-state index is 12.1. The molecule has 0 saturated carbocycles. The molecule has 0 radical (unpaired) electrons. The first-order valence-corrected chi connectivity index (χ1v) is 8.89. The first-order chi connectivity index (χ1) is 12.2. The molecule has 0 aliphatic carbocycles. The number of anilines is 1. The average Bonchev–Trinajstić information content (AvgIpc) is 3.10. The van der Waals surface area contributed by atoms with Crippen LogP contribution >= 0.6 is 22.9 Å². The van der Waals surface area contributed by atoms with Gasteiger partial charge in [0.25, 0.3) is 0 Å². The molecule has 25 heavy (non-hydrogen) atoms. The molecule has 0 fully saturated rings. The van der Waals surface area contributed by atoms with E-state index in [4.69, 9.17) is 16.3 Å². The van der Waals surface area contributed by atoms with Gasteiger partial charge in [0.05, 0.1) is 17.8 Å². The van der Waals surface area contributed by atoms with Gasteiger partial charge in [0.1, 0.15) is 10.8 Å². The highest BCUT2D eigenvalue weighted by molar-refractivity contribution is 7.13. The van der Waals surface area contributed by atoms with Gasteiger partial charge in [-0.3, -0.25) is 9.78 Å². The second-order valence-electron chi connectivity index (χ2n) is 5.28. The SMILES string of the molecule is COc1ccc(NC(=O)CCc2csc(-c3ccncc3)n2)cc1Cl. The monoisotopic (exact) mass is 373 g/mol. The fourth-order valence-corrected chi connectivity index (χ4v) is 3.38. The molecule has 1 amide bonds. The number of benzene rings is 1. The Kier molecular flexibility index (Phi) is 5.63. The second kappa shape index (κ2) is 8.09. The van der Waals surface area contributed by atoms with Crippen LogP contribution in [0.25, 0.3) is 10.6 Å². The summed E-state index contributed by atoms with van der Waals surface area (Å²) >= 11 is 7.62. The van der Waals surface area contributed by atoms with Crippen LogP contribution in [-0.2, 0) is 11.2 Å². The second-order valence-corrected chi connectivity index (χ2v) is 6.54. The van der Waals surface area contributed by atoms with Gasteiger partial charge in [-0.25, -0.2) is 4.98 Å². The average molecular weight is 374 g/mol.